The van der Waals surface area contributed by atoms with Crippen molar-refractivity contribution in [3.63, 3.8) is 0 Å². The number of ether oxygens (including phenoxy) is 1. The largest absolute Gasteiger partial charge is 0.480 e. The van der Waals surface area contributed by atoms with Gasteiger partial charge in [0.25, 0.3) is 5.56 Å². The highest BCUT2D eigenvalue weighted by atomic mass is 32.1. The van der Waals surface area contributed by atoms with Crippen molar-refractivity contribution in [1.82, 2.24) is 9.13 Å². The summed E-state index contributed by atoms with van der Waals surface area (Å²) in [5.41, 5.74) is -0.945. The van der Waals surface area contributed by atoms with Crippen LogP contribution in [0.3, 0.4) is 0 Å². The molecule has 0 aliphatic carbocycles. The molecule has 1 atom stereocenters. The Morgan fingerprint density at radius 3 is 2.40 bits per heavy atom. The predicted molar refractivity (Wildman–Crippen MR) is 110 cm³/mol. The Balaban J connectivity index is 2.26. The molecule has 158 valence electrons. The van der Waals surface area contributed by atoms with Crippen LogP contribution in [0.1, 0.15) is 34.0 Å². The Kier molecular flexibility index (Phi) is 6.30. The summed E-state index contributed by atoms with van der Waals surface area (Å²) < 4.78 is 6.86. The number of Topliss-reactive ketones (excluding diaryl/α,β-unsaturated/α-hetero) is 1. The van der Waals surface area contributed by atoms with Crippen molar-refractivity contribution in [2.75, 3.05) is 6.61 Å². The molecule has 1 unspecified atom stereocenters. The highest BCUT2D eigenvalue weighted by Gasteiger charge is 2.25. The van der Waals surface area contributed by atoms with E-state index < -0.39 is 30.1 Å². The molecule has 0 saturated heterocycles. The first kappa shape index (κ1) is 21.6. The topological polar surface area (TPSA) is 128 Å². The zero-order chi connectivity index (χ0) is 22.0. The summed E-state index contributed by atoms with van der Waals surface area (Å²) >= 11 is 0.967. The number of rotatable bonds is 8. The van der Waals surface area contributed by atoms with Crippen LogP contribution in [-0.4, -0.2) is 37.7 Å². The molecule has 0 saturated carbocycles. The minimum absolute atomic E-state index is 0.0791. The van der Waals surface area contributed by atoms with E-state index in [9.17, 15) is 24.3 Å². The maximum atomic E-state index is 12.9. The molecule has 0 bridgehead atoms. The number of hydrogen-bond donors (Lipinski definition) is 2. The lowest BCUT2D eigenvalue weighted by molar-refractivity contribution is -0.137. The average Bonchev–Trinajstić information content (AvgIpc) is 3.06. The molecular weight excluding hydrogens is 412 g/mol. The number of nitrogens with zero attached hydrogens (tertiary/aromatic N) is 2. The molecular formula is C20H20N2O7S. The van der Waals surface area contributed by atoms with Crippen molar-refractivity contribution in [2.45, 2.75) is 33.2 Å². The van der Waals surface area contributed by atoms with E-state index in [1.807, 2.05) is 0 Å². The maximum absolute atomic E-state index is 12.9. The monoisotopic (exact) mass is 432 g/mol. The molecule has 30 heavy (non-hydrogen) atoms. The second kappa shape index (κ2) is 8.74. The molecule has 0 radical (unpaired) electrons. The highest BCUT2D eigenvalue weighted by molar-refractivity contribution is 7.19. The van der Waals surface area contributed by atoms with Gasteiger partial charge in [-0.15, -0.1) is 11.3 Å². The number of thiophene rings is 1. The van der Waals surface area contributed by atoms with E-state index in [2.05, 4.69) is 0 Å². The van der Waals surface area contributed by atoms with E-state index >= 15 is 0 Å². The number of aliphatic hydroxyl groups is 1. The van der Waals surface area contributed by atoms with E-state index in [0.717, 1.165) is 15.9 Å². The van der Waals surface area contributed by atoms with Crippen LogP contribution >= 0.6 is 11.3 Å². The van der Waals surface area contributed by atoms with E-state index in [-0.39, 0.29) is 29.2 Å². The molecule has 0 aliphatic rings. The van der Waals surface area contributed by atoms with Gasteiger partial charge < -0.3 is 14.9 Å². The molecule has 3 aromatic rings. The normalized spacial score (nSPS) is 12.2. The summed E-state index contributed by atoms with van der Waals surface area (Å²) in [5.74, 6) is -1.74. The zero-order valence-corrected chi connectivity index (χ0v) is 17.1. The number of aliphatic carboxylic acids is 1. The molecule has 3 rings (SSSR count). The first-order valence-electron chi connectivity index (χ1n) is 9.12. The Bertz CT molecular complexity index is 1220. The van der Waals surface area contributed by atoms with Crippen LogP contribution < -0.4 is 11.2 Å². The number of fused-ring (bicyclic) bond motifs is 1. The SMILES string of the molecule is CCOC(O)c1sc2c(c1C)c(=O)n(CC(=O)O)c(=O)n2CC(=O)c1ccccc1. The molecule has 1 aromatic carbocycles. The van der Waals surface area contributed by atoms with Crippen molar-refractivity contribution in [2.24, 2.45) is 0 Å². The molecule has 0 amide bonds. The quantitative estimate of drug-likeness (QED) is 0.408. The van der Waals surface area contributed by atoms with Crippen molar-refractivity contribution in [3.05, 3.63) is 67.2 Å². The zero-order valence-electron chi connectivity index (χ0n) is 16.3. The fourth-order valence-corrected chi connectivity index (χ4v) is 4.38. The number of aliphatic hydroxyl groups excluding tert-OH is 1. The van der Waals surface area contributed by atoms with Gasteiger partial charge in [-0.1, -0.05) is 30.3 Å². The Morgan fingerprint density at radius 1 is 1.13 bits per heavy atom. The summed E-state index contributed by atoms with van der Waals surface area (Å²) in [6, 6.07) is 8.31. The third-order valence-corrected chi connectivity index (χ3v) is 5.92. The van der Waals surface area contributed by atoms with E-state index in [1.165, 1.54) is 0 Å². The van der Waals surface area contributed by atoms with Gasteiger partial charge in [0.1, 0.15) is 11.4 Å². The van der Waals surface area contributed by atoms with E-state index in [0.29, 0.717) is 20.6 Å². The number of carbonyl (C=O) groups excluding carboxylic acids is 1. The first-order valence-corrected chi connectivity index (χ1v) is 9.94. The molecule has 9 nitrogen and oxygen atoms in total. The molecule has 2 N–H and O–H groups in total. The average molecular weight is 432 g/mol. The summed E-state index contributed by atoms with van der Waals surface area (Å²) in [5, 5.41) is 19.5. The van der Waals surface area contributed by atoms with Crippen LogP contribution in [0.5, 0.6) is 0 Å². The number of carboxylic acid groups (broad SMARTS) is 1. The fraction of sp³-hybridized carbons (Fsp3) is 0.300. The van der Waals surface area contributed by atoms with Gasteiger partial charge in [-0.25, -0.2) is 9.36 Å². The van der Waals surface area contributed by atoms with Gasteiger partial charge in [-0.2, -0.15) is 0 Å². The van der Waals surface area contributed by atoms with Gasteiger partial charge in [0, 0.05) is 12.2 Å². The number of aromatic nitrogens is 2. The van der Waals surface area contributed by atoms with Gasteiger partial charge in [0.2, 0.25) is 0 Å². The summed E-state index contributed by atoms with van der Waals surface area (Å²) in [4.78, 5) is 50.3. The van der Waals surface area contributed by atoms with Gasteiger partial charge in [0.05, 0.1) is 16.8 Å². The third kappa shape index (κ3) is 3.97. The van der Waals surface area contributed by atoms with Gasteiger partial charge in [-0.05, 0) is 19.4 Å². The Morgan fingerprint density at radius 2 is 1.80 bits per heavy atom. The van der Waals surface area contributed by atoms with Gasteiger partial charge >= 0.3 is 11.7 Å². The molecule has 0 spiro atoms. The second-order valence-corrected chi connectivity index (χ2v) is 7.55. The fourth-order valence-electron chi connectivity index (χ4n) is 3.15. The number of benzene rings is 1. The van der Waals surface area contributed by atoms with Crippen LogP contribution in [0.25, 0.3) is 10.2 Å². The summed E-state index contributed by atoms with van der Waals surface area (Å²) in [6.45, 7) is 2.27. The summed E-state index contributed by atoms with van der Waals surface area (Å²) in [7, 11) is 0. The van der Waals surface area contributed by atoms with Crippen LogP contribution in [-0.2, 0) is 22.6 Å². The maximum Gasteiger partial charge on any atom is 0.333 e. The molecule has 0 aliphatic heterocycles. The van der Waals surface area contributed by atoms with Gasteiger partial charge in [0.15, 0.2) is 12.1 Å². The van der Waals surface area contributed by atoms with Crippen molar-refractivity contribution in [1.29, 1.82) is 0 Å². The Hall–Kier alpha value is -3.08. The lowest BCUT2D eigenvalue weighted by atomic mass is 10.1. The van der Waals surface area contributed by atoms with Crippen LogP contribution in [0, 0.1) is 6.92 Å². The van der Waals surface area contributed by atoms with Crippen molar-refractivity contribution < 1.29 is 24.5 Å². The number of aryl methyl sites for hydroxylation is 1. The second-order valence-electron chi connectivity index (χ2n) is 6.52. The first-order chi connectivity index (χ1) is 14.3. The minimum atomic E-state index is -1.36. The molecule has 2 heterocycles. The Labute approximate surface area is 174 Å². The lowest BCUT2D eigenvalue weighted by Gasteiger charge is -2.10. The molecule has 2 aromatic heterocycles. The van der Waals surface area contributed by atoms with Crippen LogP contribution in [0.15, 0.2) is 39.9 Å². The minimum Gasteiger partial charge on any atom is -0.480 e. The van der Waals surface area contributed by atoms with Crippen LogP contribution in [0.2, 0.25) is 0 Å². The van der Waals surface area contributed by atoms with Crippen molar-refractivity contribution in [3.8, 4) is 0 Å². The third-order valence-electron chi connectivity index (χ3n) is 4.57. The van der Waals surface area contributed by atoms with Gasteiger partial charge in [-0.3, -0.25) is 19.0 Å². The predicted octanol–water partition coefficient (Wildman–Crippen LogP) is 1.53. The number of carbonyl (C=O) groups is 2. The summed E-state index contributed by atoms with van der Waals surface area (Å²) in [6.07, 6.45) is -1.31. The van der Waals surface area contributed by atoms with E-state index in [1.54, 1.807) is 44.2 Å². The molecule has 10 heteroatoms. The number of carboxylic acids is 1. The van der Waals surface area contributed by atoms with E-state index in [4.69, 9.17) is 9.84 Å². The number of ketones is 1. The number of hydrogen-bond acceptors (Lipinski definition) is 7. The molecule has 0 fully saturated rings. The standard InChI is InChI=1S/C20H20N2O7S/c1-3-29-19(27)16-11(2)15-17(26)21(10-14(24)25)20(28)22(18(15)30-16)9-13(23)12-7-5-4-6-8-12/h4-8,19,27H,3,9-10H2,1-2H3,(H,24,25). The van der Waals surface area contributed by atoms with Crippen molar-refractivity contribution >= 4 is 33.3 Å². The van der Waals surface area contributed by atoms with Crippen LogP contribution in [0.4, 0.5) is 0 Å². The highest BCUT2D eigenvalue weighted by Crippen LogP contribution is 2.33. The lowest BCUT2D eigenvalue weighted by Crippen LogP contribution is -2.42. The smallest absolute Gasteiger partial charge is 0.333 e.